The van der Waals surface area contributed by atoms with Gasteiger partial charge in [-0.2, -0.15) is 0 Å². The quantitative estimate of drug-likeness (QED) is 0.864. The zero-order chi connectivity index (χ0) is 13.7. The number of ether oxygens (including phenoxy) is 2. The molecule has 0 aliphatic heterocycles. The Kier molecular flexibility index (Phi) is 4.36. The van der Waals surface area contributed by atoms with E-state index in [-0.39, 0.29) is 0 Å². The van der Waals surface area contributed by atoms with Gasteiger partial charge in [-0.3, -0.25) is 0 Å². The van der Waals surface area contributed by atoms with Crippen LogP contribution in [0.1, 0.15) is 5.56 Å². The molecule has 0 saturated carbocycles. The van der Waals surface area contributed by atoms with E-state index in [4.69, 9.17) is 21.7 Å². The van der Waals surface area contributed by atoms with E-state index in [1.807, 2.05) is 48.5 Å². The van der Waals surface area contributed by atoms with Gasteiger partial charge in [0.2, 0.25) is 0 Å². The Balaban J connectivity index is 2.21. The Morgan fingerprint density at radius 2 is 1.53 bits per heavy atom. The van der Waals surface area contributed by atoms with Crippen LogP contribution in [-0.4, -0.2) is 19.2 Å². The molecule has 98 valence electrons. The number of methoxy groups -OCH3 is 2. The average Bonchev–Trinajstić information content (AvgIpc) is 2.47. The molecule has 0 aliphatic rings. The molecule has 0 unspecified atom stereocenters. The SMILES string of the molecule is COc1cc(NC(=S)c2ccccc2)cc(OC)c1. The molecule has 2 aromatic carbocycles. The molecule has 0 amide bonds. The van der Waals surface area contributed by atoms with Crippen molar-refractivity contribution in [2.45, 2.75) is 0 Å². The number of benzene rings is 2. The second-order valence-corrected chi connectivity index (χ2v) is 4.33. The van der Waals surface area contributed by atoms with Crippen LogP contribution in [0.5, 0.6) is 11.5 Å². The van der Waals surface area contributed by atoms with Crippen molar-refractivity contribution in [2.75, 3.05) is 19.5 Å². The average molecular weight is 273 g/mol. The Labute approximate surface area is 118 Å². The first-order chi connectivity index (χ1) is 9.22. The van der Waals surface area contributed by atoms with Crippen molar-refractivity contribution in [3.05, 3.63) is 54.1 Å². The van der Waals surface area contributed by atoms with Crippen LogP contribution in [0.25, 0.3) is 0 Å². The summed E-state index contributed by atoms with van der Waals surface area (Å²) in [6.07, 6.45) is 0. The molecule has 0 fully saturated rings. The van der Waals surface area contributed by atoms with Crippen molar-refractivity contribution in [3.8, 4) is 11.5 Å². The minimum Gasteiger partial charge on any atom is -0.497 e. The summed E-state index contributed by atoms with van der Waals surface area (Å²) in [5.41, 5.74) is 1.81. The van der Waals surface area contributed by atoms with E-state index in [9.17, 15) is 0 Å². The number of hydrogen-bond acceptors (Lipinski definition) is 3. The predicted octanol–water partition coefficient (Wildman–Crippen LogP) is 3.49. The molecule has 0 saturated heterocycles. The van der Waals surface area contributed by atoms with Gasteiger partial charge >= 0.3 is 0 Å². The number of anilines is 1. The summed E-state index contributed by atoms with van der Waals surface area (Å²) < 4.78 is 10.4. The third-order valence-corrected chi connectivity index (χ3v) is 2.98. The lowest BCUT2D eigenvalue weighted by molar-refractivity contribution is 0.395. The molecule has 1 N–H and O–H groups in total. The molecule has 0 radical (unpaired) electrons. The number of thiocarbonyl (C=S) groups is 1. The molecule has 0 bridgehead atoms. The smallest absolute Gasteiger partial charge is 0.124 e. The highest BCUT2D eigenvalue weighted by Gasteiger charge is 2.05. The molecule has 0 aliphatic carbocycles. The zero-order valence-corrected chi connectivity index (χ0v) is 11.7. The van der Waals surface area contributed by atoms with E-state index < -0.39 is 0 Å². The van der Waals surface area contributed by atoms with E-state index in [0.29, 0.717) is 4.99 Å². The maximum atomic E-state index is 5.37. The predicted molar refractivity (Wildman–Crippen MR) is 81.3 cm³/mol. The molecule has 0 atom stereocenters. The maximum absolute atomic E-state index is 5.37. The van der Waals surface area contributed by atoms with Crippen molar-refractivity contribution < 1.29 is 9.47 Å². The Bertz CT molecular complexity index is 547. The van der Waals surface area contributed by atoms with Gasteiger partial charge in [0.15, 0.2) is 0 Å². The normalized spacial score (nSPS) is 9.79. The van der Waals surface area contributed by atoms with Crippen LogP contribution in [0.3, 0.4) is 0 Å². The summed E-state index contributed by atoms with van der Waals surface area (Å²) in [6.45, 7) is 0. The zero-order valence-electron chi connectivity index (χ0n) is 10.8. The standard InChI is InChI=1S/C15H15NO2S/c1-17-13-8-12(9-14(10-13)18-2)16-15(19)11-6-4-3-5-7-11/h3-10H,1-2H3,(H,16,19). The topological polar surface area (TPSA) is 30.5 Å². The van der Waals surface area contributed by atoms with Crippen molar-refractivity contribution >= 4 is 22.9 Å². The van der Waals surface area contributed by atoms with Crippen LogP contribution >= 0.6 is 12.2 Å². The van der Waals surface area contributed by atoms with Crippen LogP contribution in [-0.2, 0) is 0 Å². The van der Waals surface area contributed by atoms with Gasteiger partial charge in [0.05, 0.1) is 14.2 Å². The Morgan fingerprint density at radius 3 is 2.05 bits per heavy atom. The number of nitrogens with one attached hydrogen (secondary N) is 1. The van der Waals surface area contributed by atoms with Crippen molar-refractivity contribution in [2.24, 2.45) is 0 Å². The second kappa shape index (κ2) is 6.20. The van der Waals surface area contributed by atoms with Crippen LogP contribution < -0.4 is 14.8 Å². The van der Waals surface area contributed by atoms with Gasteiger partial charge in [-0.1, -0.05) is 42.5 Å². The minimum absolute atomic E-state index is 0.663. The Morgan fingerprint density at radius 1 is 0.947 bits per heavy atom. The second-order valence-electron chi connectivity index (χ2n) is 3.92. The highest BCUT2D eigenvalue weighted by atomic mass is 32.1. The third-order valence-electron chi connectivity index (χ3n) is 2.65. The highest BCUT2D eigenvalue weighted by Crippen LogP contribution is 2.26. The van der Waals surface area contributed by atoms with Gasteiger partial charge in [-0.15, -0.1) is 0 Å². The lowest BCUT2D eigenvalue weighted by atomic mass is 10.2. The van der Waals surface area contributed by atoms with E-state index in [0.717, 1.165) is 22.7 Å². The van der Waals surface area contributed by atoms with E-state index >= 15 is 0 Å². The van der Waals surface area contributed by atoms with Crippen LogP contribution in [0, 0.1) is 0 Å². The van der Waals surface area contributed by atoms with Crippen LogP contribution in [0.15, 0.2) is 48.5 Å². The number of rotatable bonds is 4. The monoisotopic (exact) mass is 273 g/mol. The lowest BCUT2D eigenvalue weighted by Gasteiger charge is -2.11. The molecule has 0 spiro atoms. The summed E-state index contributed by atoms with van der Waals surface area (Å²) in [5, 5.41) is 3.18. The fraction of sp³-hybridized carbons (Fsp3) is 0.133. The van der Waals surface area contributed by atoms with E-state index in [2.05, 4.69) is 5.32 Å². The van der Waals surface area contributed by atoms with Crippen molar-refractivity contribution in [1.29, 1.82) is 0 Å². The largest absolute Gasteiger partial charge is 0.497 e. The highest BCUT2D eigenvalue weighted by molar-refractivity contribution is 7.81. The first-order valence-corrected chi connectivity index (χ1v) is 6.23. The van der Waals surface area contributed by atoms with Crippen LogP contribution in [0.2, 0.25) is 0 Å². The summed E-state index contributed by atoms with van der Waals surface area (Å²) in [4.78, 5) is 0.663. The van der Waals surface area contributed by atoms with Gasteiger partial charge in [0.1, 0.15) is 16.5 Å². The summed E-state index contributed by atoms with van der Waals surface area (Å²) in [5.74, 6) is 1.44. The van der Waals surface area contributed by atoms with E-state index in [1.165, 1.54) is 0 Å². The molecular formula is C15H15NO2S. The fourth-order valence-corrected chi connectivity index (χ4v) is 1.93. The first-order valence-electron chi connectivity index (χ1n) is 5.82. The fourth-order valence-electron chi connectivity index (χ4n) is 1.67. The summed E-state index contributed by atoms with van der Waals surface area (Å²) in [6, 6.07) is 15.4. The van der Waals surface area contributed by atoms with E-state index in [1.54, 1.807) is 14.2 Å². The van der Waals surface area contributed by atoms with Crippen molar-refractivity contribution in [3.63, 3.8) is 0 Å². The molecule has 0 heterocycles. The van der Waals surface area contributed by atoms with Gasteiger partial charge in [0, 0.05) is 29.4 Å². The molecule has 2 aromatic rings. The minimum atomic E-state index is 0.663. The van der Waals surface area contributed by atoms with Crippen molar-refractivity contribution in [1.82, 2.24) is 0 Å². The molecule has 19 heavy (non-hydrogen) atoms. The molecule has 3 nitrogen and oxygen atoms in total. The Hall–Kier alpha value is -2.07. The molecule has 0 aromatic heterocycles. The van der Waals surface area contributed by atoms with Gasteiger partial charge in [-0.25, -0.2) is 0 Å². The van der Waals surface area contributed by atoms with Gasteiger partial charge < -0.3 is 14.8 Å². The van der Waals surface area contributed by atoms with Crippen LogP contribution in [0.4, 0.5) is 5.69 Å². The third kappa shape index (κ3) is 3.45. The first kappa shape index (κ1) is 13.4. The molecular weight excluding hydrogens is 258 g/mol. The summed E-state index contributed by atoms with van der Waals surface area (Å²) in [7, 11) is 3.24. The lowest BCUT2D eigenvalue weighted by Crippen LogP contribution is -2.10. The van der Waals surface area contributed by atoms with Gasteiger partial charge in [-0.05, 0) is 0 Å². The maximum Gasteiger partial charge on any atom is 0.124 e. The van der Waals surface area contributed by atoms with Gasteiger partial charge in [0.25, 0.3) is 0 Å². The number of hydrogen-bond donors (Lipinski definition) is 1. The molecule has 2 rings (SSSR count). The summed E-state index contributed by atoms with van der Waals surface area (Å²) >= 11 is 5.37. The molecule has 4 heteroatoms.